The Balaban J connectivity index is 1.22. The van der Waals surface area contributed by atoms with Crippen LogP contribution in [-0.2, 0) is 27.6 Å². The molecule has 2 aliphatic heterocycles. The highest BCUT2D eigenvalue weighted by atomic mass is 31.1. The number of anilines is 1. The van der Waals surface area contributed by atoms with E-state index >= 15 is 4.39 Å². The third-order valence-corrected chi connectivity index (χ3v) is 7.87. The van der Waals surface area contributed by atoms with Gasteiger partial charge in [0.1, 0.15) is 18.1 Å². The molecule has 3 unspecified atom stereocenters. The minimum atomic E-state index is -1.47. The van der Waals surface area contributed by atoms with Crippen molar-refractivity contribution in [2.75, 3.05) is 26.1 Å². The Labute approximate surface area is 223 Å². The number of halogens is 1. The highest BCUT2D eigenvalue weighted by Gasteiger charge is 2.47. The van der Waals surface area contributed by atoms with E-state index in [1.807, 2.05) is 0 Å². The molecule has 208 valence electrons. The molecule has 0 aliphatic carbocycles. The van der Waals surface area contributed by atoms with Gasteiger partial charge in [-0.05, 0) is 0 Å². The lowest BCUT2D eigenvalue weighted by atomic mass is 10.0. The van der Waals surface area contributed by atoms with Crippen molar-refractivity contribution in [1.29, 1.82) is 0 Å². The van der Waals surface area contributed by atoms with Crippen molar-refractivity contribution >= 4 is 40.8 Å². The van der Waals surface area contributed by atoms with Gasteiger partial charge in [0, 0.05) is 44.1 Å². The molecule has 0 saturated carbocycles. The van der Waals surface area contributed by atoms with Gasteiger partial charge in [-0.15, -0.1) is 0 Å². The first-order valence-electron chi connectivity index (χ1n) is 11.9. The number of aromatic nitrogens is 7. The molecule has 8 atom stereocenters. The largest absolute Gasteiger partial charge is 0.382 e. The highest BCUT2D eigenvalue weighted by molar-refractivity contribution is 7.26. The van der Waals surface area contributed by atoms with E-state index in [-0.39, 0.29) is 31.0 Å². The number of hydrogen-bond acceptors (Lipinski definition) is 12. The molecular formula is C21H25FN8O7P2. The van der Waals surface area contributed by atoms with Gasteiger partial charge >= 0.3 is 0 Å². The average molecular weight is 582 g/mol. The summed E-state index contributed by atoms with van der Waals surface area (Å²) < 4.78 is 55.3. The van der Waals surface area contributed by atoms with E-state index in [0.717, 1.165) is 0 Å². The van der Waals surface area contributed by atoms with E-state index < -0.39 is 55.0 Å². The number of nitrogens with two attached hydrogens (primary N) is 1. The molecule has 4 aromatic heterocycles. The maximum Gasteiger partial charge on any atom is 0.258 e. The van der Waals surface area contributed by atoms with E-state index in [1.165, 1.54) is 41.0 Å². The molecule has 39 heavy (non-hydrogen) atoms. The van der Waals surface area contributed by atoms with Gasteiger partial charge in [-0.2, -0.15) is 0 Å². The molecule has 0 amide bonds. The first-order valence-corrected chi connectivity index (χ1v) is 13.5. The molecule has 15 nitrogen and oxygen atoms in total. The van der Waals surface area contributed by atoms with Gasteiger partial charge < -0.3 is 33.3 Å². The number of fused-ring (bicyclic) bond motifs is 3. The Morgan fingerprint density at radius 3 is 2.82 bits per heavy atom. The van der Waals surface area contributed by atoms with E-state index in [2.05, 4.69) is 19.9 Å². The van der Waals surface area contributed by atoms with Crippen molar-refractivity contribution < 1.29 is 32.0 Å². The maximum absolute atomic E-state index is 15.8. The van der Waals surface area contributed by atoms with Crippen LogP contribution in [-0.4, -0.2) is 72.4 Å². The number of methoxy groups -OCH3 is 1. The Hall–Kier alpha value is -2.68. The summed E-state index contributed by atoms with van der Waals surface area (Å²) in [4.78, 5) is 28.8. The van der Waals surface area contributed by atoms with Crippen molar-refractivity contribution in [2.24, 2.45) is 5.92 Å². The lowest BCUT2D eigenvalue weighted by Crippen LogP contribution is -2.29. The molecule has 2 N–H and O–H groups in total. The van der Waals surface area contributed by atoms with Crippen molar-refractivity contribution in [2.45, 2.75) is 37.4 Å². The van der Waals surface area contributed by atoms with Crippen LogP contribution in [0.2, 0.25) is 0 Å². The zero-order chi connectivity index (χ0) is 26.9. The van der Waals surface area contributed by atoms with Crippen LogP contribution in [0, 0.1) is 5.92 Å². The van der Waals surface area contributed by atoms with Crippen LogP contribution in [0.25, 0.3) is 16.9 Å². The molecule has 0 radical (unpaired) electrons. The van der Waals surface area contributed by atoms with Crippen LogP contribution in [0.5, 0.6) is 0 Å². The smallest absolute Gasteiger partial charge is 0.258 e. The molecule has 2 fully saturated rings. The summed E-state index contributed by atoms with van der Waals surface area (Å²) in [6.07, 6.45) is 3.10. The van der Waals surface area contributed by atoms with Gasteiger partial charge in [0.2, 0.25) is 5.78 Å². The molecule has 4 aromatic rings. The molecule has 0 bridgehead atoms. The van der Waals surface area contributed by atoms with Gasteiger partial charge in [0.25, 0.3) is 5.56 Å². The molecule has 18 heteroatoms. The van der Waals surface area contributed by atoms with Gasteiger partial charge in [-0.3, -0.25) is 18.3 Å². The van der Waals surface area contributed by atoms with Crippen molar-refractivity contribution in [3.8, 4) is 0 Å². The summed E-state index contributed by atoms with van der Waals surface area (Å²) in [5.41, 5.74) is 6.38. The Morgan fingerprint density at radius 2 is 1.95 bits per heavy atom. The van der Waals surface area contributed by atoms with Crippen LogP contribution in [0.15, 0.2) is 42.1 Å². The maximum atomic E-state index is 15.8. The Kier molecular flexibility index (Phi) is 7.78. The number of nitrogens with zero attached hydrogens (tertiary/aromatic N) is 7. The molecule has 2 saturated heterocycles. The molecule has 6 rings (SSSR count). The lowest BCUT2D eigenvalue weighted by molar-refractivity contribution is -0.0837. The predicted molar refractivity (Wildman–Crippen MR) is 137 cm³/mol. The molecule has 2 aliphatic rings. The third-order valence-electron chi connectivity index (χ3n) is 6.57. The first kappa shape index (κ1) is 26.5. The molecule has 6 heterocycles. The van der Waals surface area contributed by atoms with Crippen molar-refractivity contribution in [3.05, 3.63) is 47.7 Å². The summed E-state index contributed by atoms with van der Waals surface area (Å²) in [5.74, 6) is -0.0983. The summed E-state index contributed by atoms with van der Waals surface area (Å²) in [6.45, 7) is 0.0621. The second kappa shape index (κ2) is 11.4. The van der Waals surface area contributed by atoms with Crippen LogP contribution in [0.4, 0.5) is 10.2 Å². The quantitative estimate of drug-likeness (QED) is 0.349. The molecule has 0 spiro atoms. The number of alkyl halides is 1. The third kappa shape index (κ3) is 5.14. The normalized spacial score (nSPS) is 30.3. The SMILES string of the molecule is COC1C[C@H](n2ccc(=O)n3ccnc23)OPOC[C@H]2O[C@@H](n3cnc4c(N)ncnc43)[C@@H](F)[C@@H]2COPO1. The van der Waals surface area contributed by atoms with Crippen molar-refractivity contribution in [3.63, 3.8) is 0 Å². The zero-order valence-electron chi connectivity index (χ0n) is 20.5. The number of rotatable bonds is 3. The number of nitrogen functional groups attached to an aromatic ring is 1. The number of ether oxygens (including phenoxy) is 2. The topological polar surface area (TPSA) is 164 Å². The average Bonchev–Trinajstić information content (AvgIpc) is 3.66. The number of imidazole rings is 2. The first-order chi connectivity index (χ1) is 19.0. The minimum absolute atomic E-state index is 0.0200. The predicted octanol–water partition coefficient (Wildman–Crippen LogP) is 1.73. The van der Waals surface area contributed by atoms with E-state index in [0.29, 0.717) is 16.9 Å². The monoisotopic (exact) mass is 582 g/mol. The summed E-state index contributed by atoms with van der Waals surface area (Å²) in [5, 5.41) is 0. The fraction of sp³-hybridized carbons (Fsp3) is 0.476. The van der Waals surface area contributed by atoms with Gasteiger partial charge in [-0.25, -0.2) is 24.3 Å². The van der Waals surface area contributed by atoms with Crippen LogP contribution in [0.1, 0.15) is 18.9 Å². The lowest BCUT2D eigenvalue weighted by Gasteiger charge is -2.25. The molecular weight excluding hydrogens is 557 g/mol. The second-order valence-electron chi connectivity index (χ2n) is 8.79. The fourth-order valence-electron chi connectivity index (χ4n) is 4.58. The zero-order valence-corrected chi connectivity index (χ0v) is 22.5. The van der Waals surface area contributed by atoms with E-state index in [1.54, 1.807) is 17.0 Å². The van der Waals surface area contributed by atoms with Gasteiger partial charge in [-0.1, -0.05) is 0 Å². The summed E-state index contributed by atoms with van der Waals surface area (Å²) >= 11 is 0. The highest BCUT2D eigenvalue weighted by Crippen LogP contribution is 2.41. The van der Waals surface area contributed by atoms with Crippen molar-refractivity contribution in [1.82, 2.24) is 33.5 Å². The van der Waals surface area contributed by atoms with Gasteiger partial charge in [0.05, 0.1) is 25.6 Å². The van der Waals surface area contributed by atoms with E-state index in [4.69, 9.17) is 33.3 Å². The van der Waals surface area contributed by atoms with E-state index in [9.17, 15) is 4.79 Å². The second-order valence-corrected chi connectivity index (χ2v) is 10.2. The van der Waals surface area contributed by atoms with Crippen LogP contribution in [0.3, 0.4) is 0 Å². The van der Waals surface area contributed by atoms with Crippen LogP contribution < -0.4 is 11.3 Å². The number of hydrogen-bond donors (Lipinski definition) is 1. The Bertz CT molecular complexity index is 1500. The summed E-state index contributed by atoms with van der Waals surface area (Å²) in [6, 6.07) is 1.41. The minimum Gasteiger partial charge on any atom is -0.382 e. The fourth-order valence-corrected chi connectivity index (χ4v) is 5.83. The van der Waals surface area contributed by atoms with Gasteiger partial charge in [0.15, 0.2) is 48.2 Å². The standard InChI is InChI=1S/C21H25FN8O7P2/c1-32-15-6-14(29-4-2-13(31)28-5-3-24-21(28)29)36-38-34-8-12-11(7-33-39-37-15)16(22)20(35-12)30-10-27-17-18(23)25-9-26-19(17)30/h2-5,9-12,14-16,20,38-39H,6-8H2,1H3,(H2,23,25,26)/t11-,12-,14-,15?,16+,20-/m1/s1. The summed E-state index contributed by atoms with van der Waals surface area (Å²) in [7, 11) is 0.607. The van der Waals surface area contributed by atoms with Crippen LogP contribution >= 0.6 is 18.1 Å². The Morgan fingerprint density at radius 1 is 1.10 bits per heavy atom. The molecule has 0 aromatic carbocycles.